The van der Waals surface area contributed by atoms with Crippen LogP contribution in [0.5, 0.6) is 0 Å². The summed E-state index contributed by atoms with van der Waals surface area (Å²) in [5.74, 6) is -0.421. The van der Waals surface area contributed by atoms with Crippen LogP contribution in [0.2, 0.25) is 5.02 Å². The van der Waals surface area contributed by atoms with E-state index in [1.54, 1.807) is 13.0 Å². The molecular weight excluding hydrogens is 242 g/mol. The third kappa shape index (κ3) is 3.45. The number of benzene rings is 1. The normalized spacial score (nSPS) is 9.76. The van der Waals surface area contributed by atoms with Gasteiger partial charge < -0.3 is 9.84 Å². The first-order chi connectivity index (χ1) is 8.12. The Morgan fingerprint density at radius 1 is 1.59 bits per heavy atom. The molecule has 1 aromatic rings. The highest BCUT2D eigenvalue weighted by Gasteiger charge is 2.13. The summed E-state index contributed by atoms with van der Waals surface area (Å²) >= 11 is 5.89. The Kier molecular flexibility index (Phi) is 4.95. The Balaban J connectivity index is 3.08. The van der Waals surface area contributed by atoms with Gasteiger partial charge in [-0.1, -0.05) is 17.7 Å². The first-order valence-corrected chi connectivity index (χ1v) is 5.48. The Hall–Kier alpha value is -1.57. The molecule has 1 aromatic carbocycles. The summed E-state index contributed by atoms with van der Waals surface area (Å²) in [6.07, 6.45) is -0.0235. The maximum Gasteiger partial charge on any atom is 0.310 e. The van der Waals surface area contributed by atoms with E-state index in [1.807, 2.05) is 6.07 Å². The molecule has 0 fully saturated rings. The number of aliphatic hydroxyl groups excluding tert-OH is 1. The Labute approximate surface area is 104 Å². The van der Waals surface area contributed by atoms with E-state index in [-0.39, 0.29) is 30.2 Å². The number of nitriles is 1. The van der Waals surface area contributed by atoms with E-state index in [0.29, 0.717) is 11.1 Å². The lowest BCUT2D eigenvalue weighted by atomic mass is 10.0. The van der Waals surface area contributed by atoms with Crippen LogP contribution in [0.4, 0.5) is 0 Å². The molecule has 0 atom stereocenters. The van der Waals surface area contributed by atoms with Crippen molar-refractivity contribution in [3.63, 3.8) is 0 Å². The van der Waals surface area contributed by atoms with E-state index in [9.17, 15) is 4.79 Å². The quantitative estimate of drug-likeness (QED) is 0.831. The number of aliphatic hydroxyl groups is 1. The zero-order chi connectivity index (χ0) is 12.8. The fourth-order valence-electron chi connectivity index (χ4n) is 1.45. The lowest BCUT2D eigenvalue weighted by Gasteiger charge is -2.08. The lowest BCUT2D eigenvalue weighted by Crippen LogP contribution is -2.09. The van der Waals surface area contributed by atoms with Crippen molar-refractivity contribution in [2.75, 3.05) is 6.61 Å². The van der Waals surface area contributed by atoms with Crippen LogP contribution in [0.15, 0.2) is 12.1 Å². The number of carbonyl (C=O) groups excluding carboxylic acids is 1. The molecule has 0 aliphatic heterocycles. The number of halogens is 1. The van der Waals surface area contributed by atoms with Gasteiger partial charge in [-0.05, 0) is 24.1 Å². The van der Waals surface area contributed by atoms with Crippen molar-refractivity contribution in [2.24, 2.45) is 0 Å². The molecule has 1 rings (SSSR count). The summed E-state index contributed by atoms with van der Waals surface area (Å²) in [4.78, 5) is 11.4. The molecule has 1 N–H and O–H groups in total. The third-order valence-corrected chi connectivity index (χ3v) is 2.46. The van der Waals surface area contributed by atoms with E-state index >= 15 is 0 Å². The van der Waals surface area contributed by atoms with Crippen LogP contribution in [-0.4, -0.2) is 17.7 Å². The molecule has 0 heterocycles. The number of hydrogen-bond donors (Lipinski definition) is 1. The highest BCUT2D eigenvalue weighted by atomic mass is 35.5. The van der Waals surface area contributed by atoms with Gasteiger partial charge in [-0.3, -0.25) is 4.79 Å². The fourth-order valence-corrected chi connectivity index (χ4v) is 1.75. The SMILES string of the molecule is CCOC(=O)Cc1cc(CO)cc(Cl)c1C#N. The maximum atomic E-state index is 11.4. The van der Waals surface area contributed by atoms with Crippen molar-refractivity contribution in [2.45, 2.75) is 20.0 Å². The number of rotatable bonds is 4. The first-order valence-electron chi connectivity index (χ1n) is 5.10. The van der Waals surface area contributed by atoms with Crippen molar-refractivity contribution < 1.29 is 14.6 Å². The molecule has 90 valence electrons. The Morgan fingerprint density at radius 3 is 2.82 bits per heavy atom. The van der Waals surface area contributed by atoms with Gasteiger partial charge in [0.2, 0.25) is 0 Å². The van der Waals surface area contributed by atoms with Crippen molar-refractivity contribution in [3.05, 3.63) is 33.8 Å². The molecule has 0 radical (unpaired) electrons. The maximum absolute atomic E-state index is 11.4. The van der Waals surface area contributed by atoms with Crippen LogP contribution in [0.25, 0.3) is 0 Å². The molecule has 0 aromatic heterocycles. The van der Waals surface area contributed by atoms with E-state index in [4.69, 9.17) is 26.7 Å². The van der Waals surface area contributed by atoms with Crippen LogP contribution in [-0.2, 0) is 22.6 Å². The van der Waals surface area contributed by atoms with Crippen molar-refractivity contribution in [1.29, 1.82) is 5.26 Å². The van der Waals surface area contributed by atoms with Crippen molar-refractivity contribution >= 4 is 17.6 Å². The Bertz CT molecular complexity index is 466. The molecule has 0 saturated carbocycles. The fraction of sp³-hybridized carbons (Fsp3) is 0.333. The lowest BCUT2D eigenvalue weighted by molar-refractivity contribution is -0.142. The molecule has 4 nitrogen and oxygen atoms in total. The largest absolute Gasteiger partial charge is 0.466 e. The summed E-state index contributed by atoms with van der Waals surface area (Å²) in [6.45, 7) is 1.80. The zero-order valence-corrected chi connectivity index (χ0v) is 10.1. The summed E-state index contributed by atoms with van der Waals surface area (Å²) in [5, 5.41) is 18.2. The highest BCUT2D eigenvalue weighted by Crippen LogP contribution is 2.22. The van der Waals surface area contributed by atoms with Gasteiger partial charge in [-0.25, -0.2) is 0 Å². The average Bonchev–Trinajstić information content (AvgIpc) is 2.28. The summed E-state index contributed by atoms with van der Waals surface area (Å²) in [6, 6.07) is 5.03. The molecule has 0 bridgehead atoms. The van der Waals surface area contributed by atoms with E-state index < -0.39 is 5.97 Å². The number of nitrogens with zero attached hydrogens (tertiary/aromatic N) is 1. The molecule has 0 amide bonds. The number of esters is 1. The minimum Gasteiger partial charge on any atom is -0.466 e. The summed E-state index contributed by atoms with van der Waals surface area (Å²) < 4.78 is 4.80. The van der Waals surface area contributed by atoms with Gasteiger partial charge in [0, 0.05) is 0 Å². The van der Waals surface area contributed by atoms with Gasteiger partial charge in [-0.15, -0.1) is 0 Å². The van der Waals surface area contributed by atoms with Gasteiger partial charge in [0.15, 0.2) is 0 Å². The van der Waals surface area contributed by atoms with Crippen LogP contribution in [0, 0.1) is 11.3 Å². The van der Waals surface area contributed by atoms with E-state index in [2.05, 4.69) is 0 Å². The molecule has 0 saturated heterocycles. The molecular formula is C12H12ClNO3. The second kappa shape index (κ2) is 6.24. The van der Waals surface area contributed by atoms with Gasteiger partial charge in [0.25, 0.3) is 0 Å². The second-order valence-electron chi connectivity index (χ2n) is 3.36. The predicted octanol–water partition coefficient (Wildman–Crippen LogP) is 1.81. The third-order valence-electron chi connectivity index (χ3n) is 2.17. The minimum absolute atomic E-state index is 0.0235. The number of hydrogen-bond acceptors (Lipinski definition) is 4. The molecule has 0 unspecified atom stereocenters. The van der Waals surface area contributed by atoms with E-state index in [0.717, 1.165) is 0 Å². The van der Waals surface area contributed by atoms with Crippen LogP contribution < -0.4 is 0 Å². The smallest absolute Gasteiger partial charge is 0.310 e. The number of ether oxygens (including phenoxy) is 1. The second-order valence-corrected chi connectivity index (χ2v) is 3.77. The topological polar surface area (TPSA) is 70.3 Å². The summed E-state index contributed by atoms with van der Waals surface area (Å²) in [5.41, 5.74) is 1.28. The average molecular weight is 254 g/mol. The van der Waals surface area contributed by atoms with Gasteiger partial charge >= 0.3 is 5.97 Å². The first kappa shape index (κ1) is 13.5. The van der Waals surface area contributed by atoms with Crippen LogP contribution >= 0.6 is 11.6 Å². The van der Waals surface area contributed by atoms with Crippen molar-refractivity contribution in [1.82, 2.24) is 0 Å². The molecule has 0 aliphatic carbocycles. The van der Waals surface area contributed by atoms with Crippen LogP contribution in [0.1, 0.15) is 23.6 Å². The number of carbonyl (C=O) groups is 1. The van der Waals surface area contributed by atoms with Crippen LogP contribution in [0.3, 0.4) is 0 Å². The standard InChI is InChI=1S/C12H12ClNO3/c1-2-17-12(16)5-9-3-8(7-15)4-11(13)10(9)6-14/h3-4,15H,2,5,7H2,1H3. The van der Waals surface area contributed by atoms with Crippen molar-refractivity contribution in [3.8, 4) is 6.07 Å². The summed E-state index contributed by atoms with van der Waals surface area (Å²) in [7, 11) is 0. The van der Waals surface area contributed by atoms with E-state index in [1.165, 1.54) is 6.07 Å². The molecule has 17 heavy (non-hydrogen) atoms. The predicted molar refractivity (Wildman–Crippen MR) is 62.4 cm³/mol. The molecule has 0 aliphatic rings. The van der Waals surface area contributed by atoms with Gasteiger partial charge in [0.1, 0.15) is 6.07 Å². The van der Waals surface area contributed by atoms with Gasteiger partial charge in [-0.2, -0.15) is 5.26 Å². The minimum atomic E-state index is -0.421. The molecule has 5 heteroatoms. The molecule has 0 spiro atoms. The van der Waals surface area contributed by atoms with Gasteiger partial charge in [0.05, 0.1) is 30.2 Å². The highest BCUT2D eigenvalue weighted by molar-refractivity contribution is 6.31. The zero-order valence-electron chi connectivity index (χ0n) is 9.36. The monoisotopic (exact) mass is 253 g/mol. The Morgan fingerprint density at radius 2 is 2.29 bits per heavy atom.